The molecule has 0 saturated heterocycles. The number of hydrogen-bond donors (Lipinski definition) is 1. The lowest BCUT2D eigenvalue weighted by atomic mass is 10.1. The molecule has 3 aromatic rings. The Bertz CT molecular complexity index is 1070. The highest BCUT2D eigenvalue weighted by molar-refractivity contribution is 7.89. The molecule has 1 heterocycles. The SMILES string of the molecule is CC(C)N(C)S(=O)(=O)c1cccc(C(=O)N[C@H](C)c2cc3ccccc3o2)c1. The van der Waals surface area contributed by atoms with Crippen molar-refractivity contribution in [2.75, 3.05) is 7.05 Å². The second-order valence-corrected chi connectivity index (χ2v) is 9.02. The molecule has 0 aliphatic heterocycles. The van der Waals surface area contributed by atoms with Gasteiger partial charge in [-0.3, -0.25) is 4.79 Å². The van der Waals surface area contributed by atoms with Gasteiger partial charge >= 0.3 is 0 Å². The number of amides is 1. The monoisotopic (exact) mass is 400 g/mol. The van der Waals surface area contributed by atoms with Gasteiger partial charge in [-0.15, -0.1) is 0 Å². The minimum absolute atomic E-state index is 0.0905. The van der Waals surface area contributed by atoms with Gasteiger partial charge in [0, 0.05) is 24.0 Å². The number of nitrogens with one attached hydrogen (secondary N) is 1. The maximum atomic E-state index is 12.7. The molecule has 0 radical (unpaired) electrons. The van der Waals surface area contributed by atoms with Crippen LogP contribution in [0, 0.1) is 0 Å². The summed E-state index contributed by atoms with van der Waals surface area (Å²) in [6, 6.07) is 15.0. The van der Waals surface area contributed by atoms with Gasteiger partial charge in [-0.1, -0.05) is 24.3 Å². The third-order valence-corrected chi connectivity index (χ3v) is 6.75. The van der Waals surface area contributed by atoms with Gasteiger partial charge in [0.15, 0.2) is 0 Å². The molecular weight excluding hydrogens is 376 g/mol. The van der Waals surface area contributed by atoms with Crippen LogP contribution < -0.4 is 5.32 Å². The summed E-state index contributed by atoms with van der Waals surface area (Å²) in [6.07, 6.45) is 0. The van der Waals surface area contributed by atoms with Crippen molar-refractivity contribution in [3.8, 4) is 0 Å². The minimum atomic E-state index is -3.66. The number of hydrogen-bond acceptors (Lipinski definition) is 4. The molecule has 0 bridgehead atoms. The Morgan fingerprint density at radius 1 is 1.04 bits per heavy atom. The molecular formula is C21H24N2O4S. The predicted octanol–water partition coefficient (Wildman–Crippen LogP) is 3.95. The molecule has 1 atom stereocenters. The lowest BCUT2D eigenvalue weighted by Gasteiger charge is -2.21. The largest absolute Gasteiger partial charge is 0.459 e. The van der Waals surface area contributed by atoms with E-state index in [2.05, 4.69) is 5.32 Å². The number of fused-ring (bicyclic) bond motifs is 1. The van der Waals surface area contributed by atoms with Crippen LogP contribution in [0.15, 0.2) is 63.9 Å². The predicted molar refractivity (Wildman–Crippen MR) is 109 cm³/mol. The van der Waals surface area contributed by atoms with Crippen molar-refractivity contribution in [2.24, 2.45) is 0 Å². The third kappa shape index (κ3) is 3.95. The van der Waals surface area contributed by atoms with Gasteiger partial charge in [0.05, 0.1) is 10.9 Å². The zero-order chi connectivity index (χ0) is 20.5. The van der Waals surface area contributed by atoms with E-state index < -0.39 is 10.0 Å². The molecule has 3 rings (SSSR count). The van der Waals surface area contributed by atoms with E-state index in [1.54, 1.807) is 26.0 Å². The second kappa shape index (κ2) is 7.77. The molecule has 1 N–H and O–H groups in total. The van der Waals surface area contributed by atoms with Crippen molar-refractivity contribution in [1.29, 1.82) is 0 Å². The molecule has 0 saturated carbocycles. The van der Waals surface area contributed by atoms with Gasteiger partial charge in [-0.05, 0) is 51.1 Å². The molecule has 7 heteroatoms. The summed E-state index contributed by atoms with van der Waals surface area (Å²) < 4.78 is 32.4. The number of para-hydroxylation sites is 1. The topological polar surface area (TPSA) is 79.6 Å². The van der Waals surface area contributed by atoms with Gasteiger partial charge in [0.2, 0.25) is 10.0 Å². The van der Waals surface area contributed by atoms with Crippen LogP contribution in [-0.2, 0) is 10.0 Å². The summed E-state index contributed by atoms with van der Waals surface area (Å²) in [7, 11) is -2.13. The van der Waals surface area contributed by atoms with E-state index in [-0.39, 0.29) is 28.4 Å². The van der Waals surface area contributed by atoms with Gasteiger partial charge in [-0.2, -0.15) is 4.31 Å². The summed E-state index contributed by atoms with van der Waals surface area (Å²) in [6.45, 7) is 5.41. The summed E-state index contributed by atoms with van der Waals surface area (Å²) in [5, 5.41) is 3.82. The molecule has 1 aromatic heterocycles. The third-order valence-electron chi connectivity index (χ3n) is 4.72. The molecule has 1 amide bonds. The number of carbonyl (C=O) groups is 1. The maximum absolute atomic E-state index is 12.7. The fourth-order valence-electron chi connectivity index (χ4n) is 2.81. The second-order valence-electron chi connectivity index (χ2n) is 7.02. The van der Waals surface area contributed by atoms with Crippen LogP contribution in [-0.4, -0.2) is 31.7 Å². The smallest absolute Gasteiger partial charge is 0.251 e. The summed E-state index contributed by atoms with van der Waals surface area (Å²) >= 11 is 0. The first kappa shape index (κ1) is 20.1. The van der Waals surface area contributed by atoms with Crippen molar-refractivity contribution < 1.29 is 17.6 Å². The van der Waals surface area contributed by atoms with Gasteiger partial charge in [0.1, 0.15) is 11.3 Å². The zero-order valence-electron chi connectivity index (χ0n) is 16.3. The number of rotatable bonds is 6. The zero-order valence-corrected chi connectivity index (χ0v) is 17.2. The maximum Gasteiger partial charge on any atom is 0.251 e. The van der Waals surface area contributed by atoms with Crippen LogP contribution >= 0.6 is 0 Å². The van der Waals surface area contributed by atoms with E-state index in [9.17, 15) is 13.2 Å². The van der Waals surface area contributed by atoms with Crippen LogP contribution in [0.25, 0.3) is 11.0 Å². The molecule has 0 spiro atoms. The molecule has 0 aliphatic rings. The number of nitrogens with zero attached hydrogens (tertiary/aromatic N) is 1. The average Bonchev–Trinajstić information content (AvgIpc) is 3.11. The van der Waals surface area contributed by atoms with Crippen molar-refractivity contribution >= 4 is 26.9 Å². The van der Waals surface area contributed by atoms with E-state index in [4.69, 9.17) is 4.42 Å². The first-order chi connectivity index (χ1) is 13.2. The Morgan fingerprint density at radius 2 is 1.75 bits per heavy atom. The van der Waals surface area contributed by atoms with E-state index in [1.165, 1.54) is 23.5 Å². The molecule has 6 nitrogen and oxygen atoms in total. The van der Waals surface area contributed by atoms with E-state index in [0.717, 1.165) is 11.0 Å². The van der Waals surface area contributed by atoms with Crippen LogP contribution in [0.1, 0.15) is 42.9 Å². The quantitative estimate of drug-likeness (QED) is 0.679. The van der Waals surface area contributed by atoms with Gasteiger partial charge in [0.25, 0.3) is 5.91 Å². The van der Waals surface area contributed by atoms with E-state index in [1.807, 2.05) is 37.3 Å². The summed E-state index contributed by atoms with van der Waals surface area (Å²) in [5.41, 5.74) is 1.03. The standard InChI is InChI=1S/C21H24N2O4S/c1-14(2)23(4)28(25,26)18-10-7-9-17(12-18)21(24)22-15(3)20-13-16-8-5-6-11-19(16)27-20/h5-15H,1-4H3,(H,22,24)/t15-/m1/s1. The van der Waals surface area contributed by atoms with E-state index in [0.29, 0.717) is 5.76 Å². The molecule has 0 unspecified atom stereocenters. The molecule has 0 aliphatic carbocycles. The molecule has 0 fully saturated rings. The van der Waals surface area contributed by atoms with E-state index >= 15 is 0 Å². The van der Waals surface area contributed by atoms with Crippen LogP contribution in [0.2, 0.25) is 0 Å². The fraction of sp³-hybridized carbons (Fsp3) is 0.286. The van der Waals surface area contributed by atoms with Gasteiger partial charge in [-0.25, -0.2) is 8.42 Å². The van der Waals surface area contributed by atoms with Crippen molar-refractivity contribution in [3.05, 3.63) is 65.9 Å². The average molecular weight is 401 g/mol. The number of carbonyl (C=O) groups excluding carboxylic acids is 1. The van der Waals surface area contributed by atoms with Crippen molar-refractivity contribution in [3.63, 3.8) is 0 Å². The number of sulfonamides is 1. The van der Waals surface area contributed by atoms with Gasteiger partial charge < -0.3 is 9.73 Å². The highest BCUT2D eigenvalue weighted by Crippen LogP contribution is 2.24. The Hall–Kier alpha value is -2.64. The Morgan fingerprint density at radius 3 is 2.43 bits per heavy atom. The Balaban J connectivity index is 1.81. The fourth-order valence-corrected chi connectivity index (χ4v) is 4.22. The lowest BCUT2D eigenvalue weighted by Crippen LogP contribution is -2.33. The lowest BCUT2D eigenvalue weighted by molar-refractivity contribution is 0.0935. The molecule has 148 valence electrons. The Labute approximate surface area is 165 Å². The van der Waals surface area contributed by atoms with Crippen molar-refractivity contribution in [1.82, 2.24) is 9.62 Å². The molecule has 2 aromatic carbocycles. The van der Waals surface area contributed by atoms with Crippen LogP contribution in [0.5, 0.6) is 0 Å². The first-order valence-electron chi connectivity index (χ1n) is 9.07. The van der Waals surface area contributed by atoms with Crippen LogP contribution in [0.3, 0.4) is 0 Å². The number of furan rings is 1. The first-order valence-corrected chi connectivity index (χ1v) is 10.5. The van der Waals surface area contributed by atoms with Crippen LogP contribution in [0.4, 0.5) is 0 Å². The Kier molecular flexibility index (Phi) is 5.58. The van der Waals surface area contributed by atoms with Crippen molar-refractivity contribution in [2.45, 2.75) is 37.8 Å². The normalized spacial score (nSPS) is 13.2. The highest BCUT2D eigenvalue weighted by atomic mass is 32.2. The minimum Gasteiger partial charge on any atom is -0.459 e. The molecule has 28 heavy (non-hydrogen) atoms. The highest BCUT2D eigenvalue weighted by Gasteiger charge is 2.24. The summed E-state index contributed by atoms with van der Waals surface area (Å²) in [5.74, 6) is 0.273. The number of benzene rings is 2. The summed E-state index contributed by atoms with van der Waals surface area (Å²) in [4.78, 5) is 12.8.